The van der Waals surface area contributed by atoms with Crippen LogP contribution in [0, 0.1) is 0 Å². The van der Waals surface area contributed by atoms with Gasteiger partial charge in [-0.2, -0.15) is 4.31 Å². The largest absolute Gasteiger partial charge is 0.494 e. The summed E-state index contributed by atoms with van der Waals surface area (Å²) in [5, 5.41) is 0. The lowest BCUT2D eigenvalue weighted by molar-refractivity contribution is -0.131. The number of carbonyl (C=O) groups is 1. The van der Waals surface area contributed by atoms with Gasteiger partial charge in [-0.25, -0.2) is 8.42 Å². The molecule has 2 rings (SSSR count). The predicted octanol–water partition coefficient (Wildman–Crippen LogP) is 2.74. The van der Waals surface area contributed by atoms with Gasteiger partial charge >= 0.3 is 0 Å². The van der Waals surface area contributed by atoms with E-state index in [1.807, 2.05) is 20.8 Å². The Bertz CT molecular complexity index is 812. The Labute approximate surface area is 160 Å². The van der Waals surface area contributed by atoms with E-state index >= 15 is 0 Å². The number of hydrogen-bond acceptors (Lipinski definition) is 5. The van der Waals surface area contributed by atoms with E-state index < -0.39 is 10.0 Å². The second-order valence-electron chi connectivity index (χ2n) is 5.82. The van der Waals surface area contributed by atoms with Gasteiger partial charge in [-0.3, -0.25) is 4.79 Å². The number of hydrogen-bond donors (Lipinski definition) is 0. The van der Waals surface area contributed by atoms with E-state index in [9.17, 15) is 13.2 Å². The highest BCUT2D eigenvalue weighted by atomic mass is 32.2. The Morgan fingerprint density at radius 3 is 2.26 bits per heavy atom. The minimum atomic E-state index is -3.88. The van der Waals surface area contributed by atoms with Crippen molar-refractivity contribution < 1.29 is 22.4 Å². The second kappa shape index (κ2) is 9.57. The summed E-state index contributed by atoms with van der Waals surface area (Å²) in [6.45, 7) is 6.84. The van der Waals surface area contributed by atoms with Crippen molar-refractivity contribution in [2.45, 2.75) is 32.2 Å². The minimum Gasteiger partial charge on any atom is -0.494 e. The van der Waals surface area contributed by atoms with Crippen molar-refractivity contribution in [2.24, 2.45) is 0 Å². The van der Waals surface area contributed by atoms with Crippen LogP contribution < -0.4 is 4.74 Å². The van der Waals surface area contributed by atoms with Crippen molar-refractivity contribution in [2.75, 3.05) is 26.2 Å². The fraction of sp³-hybridized carbons (Fsp3) is 0.421. The van der Waals surface area contributed by atoms with Gasteiger partial charge in [-0.1, -0.05) is 0 Å². The van der Waals surface area contributed by atoms with Crippen LogP contribution in [0.1, 0.15) is 26.5 Å². The van der Waals surface area contributed by atoms with Crippen molar-refractivity contribution in [1.29, 1.82) is 0 Å². The maximum atomic E-state index is 13.1. The Kier molecular flexibility index (Phi) is 7.44. The zero-order chi connectivity index (χ0) is 19.9. The highest BCUT2D eigenvalue weighted by Crippen LogP contribution is 2.22. The molecule has 0 aliphatic carbocycles. The summed E-state index contributed by atoms with van der Waals surface area (Å²) in [7, 11) is -3.88. The van der Waals surface area contributed by atoms with Gasteiger partial charge in [-0.05, 0) is 57.2 Å². The fourth-order valence-electron chi connectivity index (χ4n) is 2.65. The fourth-order valence-corrected chi connectivity index (χ4v) is 4.01. The number of rotatable bonds is 10. The molecule has 1 aromatic heterocycles. The van der Waals surface area contributed by atoms with Crippen molar-refractivity contribution >= 4 is 15.9 Å². The van der Waals surface area contributed by atoms with Gasteiger partial charge in [0.2, 0.25) is 15.9 Å². The van der Waals surface area contributed by atoms with Gasteiger partial charge in [0, 0.05) is 13.1 Å². The summed E-state index contributed by atoms with van der Waals surface area (Å²) in [5.74, 6) is 0.811. The van der Waals surface area contributed by atoms with Crippen LogP contribution in [0.15, 0.2) is 52.0 Å². The molecule has 0 atom stereocenters. The maximum Gasteiger partial charge on any atom is 0.243 e. The van der Waals surface area contributed by atoms with Crippen LogP contribution in [0.25, 0.3) is 0 Å². The predicted molar refractivity (Wildman–Crippen MR) is 102 cm³/mol. The molecule has 0 aliphatic heterocycles. The van der Waals surface area contributed by atoms with Gasteiger partial charge < -0.3 is 14.1 Å². The quantitative estimate of drug-likeness (QED) is 0.619. The number of nitrogens with zero attached hydrogens (tertiary/aromatic N) is 2. The zero-order valence-electron chi connectivity index (χ0n) is 15.9. The summed E-state index contributed by atoms with van der Waals surface area (Å²) >= 11 is 0. The number of benzene rings is 1. The molecular weight excluding hydrogens is 368 g/mol. The number of carbonyl (C=O) groups excluding carboxylic acids is 1. The summed E-state index contributed by atoms with van der Waals surface area (Å²) in [6, 6.07) is 9.54. The third-order valence-corrected chi connectivity index (χ3v) is 5.92. The lowest BCUT2D eigenvalue weighted by atomic mass is 10.3. The number of amides is 1. The molecule has 2 aromatic rings. The first-order valence-electron chi connectivity index (χ1n) is 8.95. The molecule has 0 spiro atoms. The molecule has 0 saturated heterocycles. The molecule has 1 heterocycles. The third-order valence-electron chi connectivity index (χ3n) is 4.11. The molecular formula is C19H26N2O5S. The van der Waals surface area contributed by atoms with Gasteiger partial charge in [0.1, 0.15) is 11.5 Å². The maximum absolute atomic E-state index is 13.1. The molecule has 1 amide bonds. The number of likely N-dealkylation sites (N-methyl/N-ethyl adjacent to an activating group) is 1. The van der Waals surface area contributed by atoms with E-state index in [4.69, 9.17) is 9.15 Å². The average Bonchev–Trinajstić information content (AvgIpc) is 3.16. The number of sulfonamides is 1. The molecule has 0 unspecified atom stereocenters. The first kappa shape index (κ1) is 21.0. The smallest absolute Gasteiger partial charge is 0.243 e. The highest BCUT2D eigenvalue weighted by Gasteiger charge is 2.29. The van der Waals surface area contributed by atoms with Gasteiger partial charge in [0.25, 0.3) is 0 Å². The molecule has 0 N–H and O–H groups in total. The van der Waals surface area contributed by atoms with Crippen molar-refractivity contribution in [3.8, 4) is 5.75 Å². The highest BCUT2D eigenvalue weighted by molar-refractivity contribution is 7.89. The molecule has 27 heavy (non-hydrogen) atoms. The molecule has 148 valence electrons. The molecule has 7 nitrogen and oxygen atoms in total. The van der Waals surface area contributed by atoms with Crippen LogP contribution in [0.5, 0.6) is 5.75 Å². The van der Waals surface area contributed by atoms with Gasteiger partial charge in [0.05, 0.1) is 30.9 Å². The molecule has 1 aromatic carbocycles. The van der Waals surface area contributed by atoms with Crippen molar-refractivity contribution in [3.05, 3.63) is 48.4 Å². The molecule has 0 fully saturated rings. The standard InChI is InChI=1S/C19H26N2O5S/c1-4-20(5-2)19(22)15-21(14-17-8-7-13-26-17)27(23,24)18-11-9-16(10-12-18)25-6-3/h7-13H,4-6,14-15H2,1-3H3. The summed E-state index contributed by atoms with van der Waals surface area (Å²) in [6.07, 6.45) is 1.48. The van der Waals surface area contributed by atoms with Crippen LogP contribution >= 0.6 is 0 Å². The van der Waals surface area contributed by atoms with E-state index in [0.29, 0.717) is 31.2 Å². The second-order valence-corrected chi connectivity index (χ2v) is 7.76. The van der Waals surface area contributed by atoms with E-state index in [2.05, 4.69) is 0 Å². The first-order valence-corrected chi connectivity index (χ1v) is 10.4. The lowest BCUT2D eigenvalue weighted by Crippen LogP contribution is -2.42. The molecule has 0 radical (unpaired) electrons. The summed E-state index contributed by atoms with van der Waals surface area (Å²) in [4.78, 5) is 14.2. The van der Waals surface area contributed by atoms with E-state index in [1.54, 1.807) is 29.2 Å². The number of ether oxygens (including phenoxy) is 1. The van der Waals surface area contributed by atoms with Gasteiger partial charge in [0.15, 0.2) is 0 Å². The number of furan rings is 1. The van der Waals surface area contributed by atoms with Crippen molar-refractivity contribution in [3.63, 3.8) is 0 Å². The van der Waals surface area contributed by atoms with Crippen molar-refractivity contribution in [1.82, 2.24) is 9.21 Å². The zero-order valence-corrected chi connectivity index (χ0v) is 16.7. The lowest BCUT2D eigenvalue weighted by Gasteiger charge is -2.25. The third kappa shape index (κ3) is 5.33. The van der Waals surface area contributed by atoms with Crippen LogP contribution in [0.3, 0.4) is 0 Å². The van der Waals surface area contributed by atoms with Crippen LogP contribution in [-0.4, -0.2) is 49.8 Å². The SMILES string of the molecule is CCOc1ccc(S(=O)(=O)N(CC(=O)N(CC)CC)Cc2ccco2)cc1. The summed E-state index contributed by atoms with van der Waals surface area (Å²) < 4.78 is 38.1. The van der Waals surface area contributed by atoms with Gasteiger partial charge in [-0.15, -0.1) is 0 Å². The van der Waals surface area contributed by atoms with E-state index in [-0.39, 0.29) is 23.9 Å². The Morgan fingerprint density at radius 2 is 1.74 bits per heavy atom. The minimum absolute atomic E-state index is 0.0183. The first-order chi connectivity index (χ1) is 12.9. The topological polar surface area (TPSA) is 80.1 Å². The van der Waals surface area contributed by atoms with Crippen LogP contribution in [0.4, 0.5) is 0 Å². The normalized spacial score (nSPS) is 11.6. The molecule has 0 aliphatic rings. The monoisotopic (exact) mass is 394 g/mol. The molecule has 0 bridgehead atoms. The van der Waals surface area contributed by atoms with Crippen LogP contribution in [-0.2, 0) is 21.4 Å². The average molecular weight is 394 g/mol. The van der Waals surface area contributed by atoms with E-state index in [0.717, 1.165) is 4.31 Å². The Morgan fingerprint density at radius 1 is 1.07 bits per heavy atom. The Balaban J connectivity index is 2.30. The van der Waals surface area contributed by atoms with E-state index in [1.165, 1.54) is 18.4 Å². The summed E-state index contributed by atoms with van der Waals surface area (Å²) in [5.41, 5.74) is 0. The Hall–Kier alpha value is -2.32. The molecule has 8 heteroatoms. The van der Waals surface area contributed by atoms with Crippen LogP contribution in [0.2, 0.25) is 0 Å². The molecule has 0 saturated carbocycles.